The number of para-hydroxylation sites is 2. The van der Waals surface area contributed by atoms with Gasteiger partial charge in [0.15, 0.2) is 5.76 Å². The highest BCUT2D eigenvalue weighted by atomic mass is 16.5. The third kappa shape index (κ3) is 3.84. The van der Waals surface area contributed by atoms with E-state index >= 15 is 0 Å². The van der Waals surface area contributed by atoms with Gasteiger partial charge in [0.05, 0.1) is 18.2 Å². The zero-order valence-corrected chi connectivity index (χ0v) is 20.5. The number of aromatic nitrogens is 1. The minimum absolute atomic E-state index is 0.0905. The molecule has 0 saturated carbocycles. The van der Waals surface area contributed by atoms with Gasteiger partial charge in [0, 0.05) is 42.3 Å². The standard InChI is InChI=1S/C30H28N2O4/c1-3-32-17-21(22-9-5-6-10-25(22)32)16-28-29(33)23-12-13-27-24(30(23)36-28)18-31(19-35-27)15-14-20-8-4-7-11-26(20)34-2/h4-13,16-17H,3,14-15,18-19H2,1-2H3/b28-16-. The summed E-state index contributed by atoms with van der Waals surface area (Å²) < 4.78 is 20.0. The van der Waals surface area contributed by atoms with Crippen LogP contribution in [0.2, 0.25) is 0 Å². The van der Waals surface area contributed by atoms with E-state index in [0.29, 0.717) is 30.3 Å². The smallest absolute Gasteiger partial charge is 0.231 e. The summed E-state index contributed by atoms with van der Waals surface area (Å²) in [6, 6.07) is 20.0. The van der Waals surface area contributed by atoms with Crippen molar-refractivity contribution in [1.29, 1.82) is 0 Å². The summed E-state index contributed by atoms with van der Waals surface area (Å²) >= 11 is 0. The lowest BCUT2D eigenvalue weighted by Crippen LogP contribution is -2.33. The highest BCUT2D eigenvalue weighted by Gasteiger charge is 2.33. The molecular weight excluding hydrogens is 452 g/mol. The summed E-state index contributed by atoms with van der Waals surface area (Å²) in [4.78, 5) is 15.5. The third-order valence-corrected chi connectivity index (χ3v) is 7.02. The summed E-state index contributed by atoms with van der Waals surface area (Å²) in [5.74, 6) is 2.55. The molecule has 4 aromatic rings. The molecular formula is C30H28N2O4. The quantitative estimate of drug-likeness (QED) is 0.332. The summed E-state index contributed by atoms with van der Waals surface area (Å²) in [5.41, 5.74) is 4.80. The Morgan fingerprint density at radius 1 is 1.06 bits per heavy atom. The van der Waals surface area contributed by atoms with E-state index in [2.05, 4.69) is 40.8 Å². The van der Waals surface area contributed by atoms with Crippen molar-refractivity contribution in [3.63, 3.8) is 0 Å². The average molecular weight is 481 g/mol. The predicted octanol–water partition coefficient (Wildman–Crippen LogP) is 5.68. The Balaban J connectivity index is 1.26. The van der Waals surface area contributed by atoms with Crippen LogP contribution in [0.25, 0.3) is 17.0 Å². The van der Waals surface area contributed by atoms with Crippen LogP contribution in [0.1, 0.15) is 34.0 Å². The second kappa shape index (κ2) is 9.21. The van der Waals surface area contributed by atoms with Crippen molar-refractivity contribution in [2.24, 2.45) is 0 Å². The number of Topliss-reactive ketones (excluding diaryl/α,β-unsaturated/α-hetero) is 1. The van der Waals surface area contributed by atoms with Crippen LogP contribution in [-0.4, -0.2) is 35.6 Å². The Labute approximate surface area is 210 Å². The first-order valence-corrected chi connectivity index (χ1v) is 12.3. The fraction of sp³-hybridized carbons (Fsp3) is 0.233. The van der Waals surface area contributed by atoms with Crippen LogP contribution in [0.5, 0.6) is 17.2 Å². The first-order chi connectivity index (χ1) is 17.7. The van der Waals surface area contributed by atoms with Gasteiger partial charge in [-0.2, -0.15) is 0 Å². The summed E-state index contributed by atoms with van der Waals surface area (Å²) in [6.45, 7) is 4.92. The van der Waals surface area contributed by atoms with Crippen molar-refractivity contribution in [2.75, 3.05) is 20.4 Å². The Hall–Kier alpha value is -4.03. The Morgan fingerprint density at radius 2 is 1.89 bits per heavy atom. The van der Waals surface area contributed by atoms with Gasteiger partial charge in [-0.1, -0.05) is 36.4 Å². The maximum absolute atomic E-state index is 13.3. The number of carbonyl (C=O) groups is 1. The molecule has 0 spiro atoms. The number of hydrogen-bond donors (Lipinski definition) is 0. The van der Waals surface area contributed by atoms with E-state index in [-0.39, 0.29) is 5.78 Å². The summed E-state index contributed by atoms with van der Waals surface area (Å²) in [7, 11) is 1.70. The largest absolute Gasteiger partial charge is 0.496 e. The number of benzene rings is 3. The minimum atomic E-state index is -0.0905. The van der Waals surface area contributed by atoms with Gasteiger partial charge in [0.25, 0.3) is 0 Å². The Bertz CT molecular complexity index is 1500. The fourth-order valence-corrected chi connectivity index (χ4v) is 5.13. The first-order valence-electron chi connectivity index (χ1n) is 12.3. The molecule has 0 atom stereocenters. The molecule has 2 aliphatic heterocycles. The lowest BCUT2D eigenvalue weighted by molar-refractivity contribution is 0.0948. The number of rotatable bonds is 6. The van der Waals surface area contributed by atoms with Crippen LogP contribution in [0, 0.1) is 0 Å². The van der Waals surface area contributed by atoms with Gasteiger partial charge in [0.1, 0.15) is 24.0 Å². The van der Waals surface area contributed by atoms with Crippen molar-refractivity contribution >= 4 is 22.8 Å². The second-order valence-electron chi connectivity index (χ2n) is 9.13. The average Bonchev–Trinajstić information content (AvgIpc) is 3.45. The first kappa shape index (κ1) is 22.4. The van der Waals surface area contributed by atoms with E-state index < -0.39 is 0 Å². The van der Waals surface area contributed by atoms with Crippen molar-refractivity contribution in [2.45, 2.75) is 26.4 Å². The van der Waals surface area contributed by atoms with E-state index in [1.165, 1.54) is 0 Å². The van der Waals surface area contributed by atoms with Crippen molar-refractivity contribution in [1.82, 2.24) is 9.47 Å². The second-order valence-corrected chi connectivity index (χ2v) is 9.13. The SMILES string of the molecule is CCn1cc(/C=C2\Oc3c(ccc4c3CN(CCc3ccccc3OC)CO4)C2=O)c2ccccc21. The number of hydrogen-bond acceptors (Lipinski definition) is 5. The molecule has 3 heterocycles. The molecule has 0 aliphatic carbocycles. The van der Waals surface area contributed by atoms with Gasteiger partial charge in [0.2, 0.25) is 5.78 Å². The van der Waals surface area contributed by atoms with Crippen molar-refractivity contribution in [3.8, 4) is 17.2 Å². The molecule has 36 heavy (non-hydrogen) atoms. The lowest BCUT2D eigenvalue weighted by Gasteiger charge is -2.29. The third-order valence-electron chi connectivity index (χ3n) is 7.02. The molecule has 1 aromatic heterocycles. The molecule has 0 N–H and O–H groups in total. The number of fused-ring (bicyclic) bond motifs is 4. The van der Waals surface area contributed by atoms with E-state index in [1.54, 1.807) is 7.11 Å². The topological polar surface area (TPSA) is 52.9 Å². The molecule has 0 fully saturated rings. The number of ketones is 1. The minimum Gasteiger partial charge on any atom is -0.496 e. The molecule has 6 rings (SSSR count). The zero-order valence-electron chi connectivity index (χ0n) is 20.5. The van der Waals surface area contributed by atoms with Crippen LogP contribution in [0.15, 0.2) is 72.6 Å². The van der Waals surface area contributed by atoms with E-state index in [1.807, 2.05) is 48.5 Å². The van der Waals surface area contributed by atoms with Crippen LogP contribution >= 0.6 is 0 Å². The number of allylic oxidation sites excluding steroid dienone is 1. The molecule has 0 amide bonds. The molecule has 2 aliphatic rings. The molecule has 0 saturated heterocycles. The van der Waals surface area contributed by atoms with Gasteiger partial charge in [-0.25, -0.2) is 0 Å². The maximum Gasteiger partial charge on any atom is 0.231 e. The lowest BCUT2D eigenvalue weighted by atomic mass is 10.0. The van der Waals surface area contributed by atoms with Crippen LogP contribution in [0.3, 0.4) is 0 Å². The van der Waals surface area contributed by atoms with Gasteiger partial charge < -0.3 is 18.8 Å². The van der Waals surface area contributed by atoms with E-state index in [4.69, 9.17) is 14.2 Å². The molecule has 0 bridgehead atoms. The Morgan fingerprint density at radius 3 is 2.75 bits per heavy atom. The zero-order chi connectivity index (χ0) is 24.6. The molecule has 3 aromatic carbocycles. The monoisotopic (exact) mass is 480 g/mol. The number of aryl methyl sites for hydroxylation is 1. The summed E-state index contributed by atoms with van der Waals surface area (Å²) in [5, 5.41) is 1.10. The number of carbonyl (C=O) groups excluding carboxylic acids is 1. The van der Waals surface area contributed by atoms with Crippen LogP contribution < -0.4 is 14.2 Å². The molecule has 6 nitrogen and oxygen atoms in total. The van der Waals surface area contributed by atoms with Crippen molar-refractivity contribution < 1.29 is 19.0 Å². The van der Waals surface area contributed by atoms with Gasteiger partial charge >= 0.3 is 0 Å². The van der Waals surface area contributed by atoms with Gasteiger partial charge in [-0.3, -0.25) is 9.69 Å². The van der Waals surface area contributed by atoms with E-state index in [9.17, 15) is 4.79 Å². The molecule has 0 unspecified atom stereocenters. The number of ether oxygens (including phenoxy) is 3. The molecule has 182 valence electrons. The van der Waals surface area contributed by atoms with Gasteiger partial charge in [-0.15, -0.1) is 0 Å². The number of nitrogens with zero attached hydrogens (tertiary/aromatic N) is 2. The van der Waals surface area contributed by atoms with Crippen LogP contribution in [-0.2, 0) is 19.5 Å². The fourth-order valence-electron chi connectivity index (χ4n) is 5.13. The Kier molecular flexibility index (Phi) is 5.74. The maximum atomic E-state index is 13.3. The number of methoxy groups -OCH3 is 1. The molecule has 0 radical (unpaired) electrons. The predicted molar refractivity (Wildman–Crippen MR) is 140 cm³/mol. The van der Waals surface area contributed by atoms with Crippen LogP contribution in [0.4, 0.5) is 0 Å². The normalized spacial score (nSPS) is 16.1. The highest BCUT2D eigenvalue weighted by Crippen LogP contribution is 2.42. The highest BCUT2D eigenvalue weighted by molar-refractivity contribution is 6.15. The van der Waals surface area contributed by atoms with Crippen molar-refractivity contribution in [3.05, 3.63) is 94.9 Å². The summed E-state index contributed by atoms with van der Waals surface area (Å²) in [6.07, 6.45) is 4.78. The van der Waals surface area contributed by atoms with E-state index in [0.717, 1.165) is 58.6 Å². The van der Waals surface area contributed by atoms with Gasteiger partial charge in [-0.05, 0) is 49.2 Å². The molecule has 6 heteroatoms.